The van der Waals surface area contributed by atoms with Crippen LogP contribution in [0.3, 0.4) is 0 Å². The van der Waals surface area contributed by atoms with E-state index >= 15 is 0 Å². The molecule has 0 aliphatic rings. The van der Waals surface area contributed by atoms with Gasteiger partial charge < -0.3 is 4.52 Å². The first kappa shape index (κ1) is 9.79. The molecule has 0 spiro atoms. The van der Waals surface area contributed by atoms with E-state index in [0.717, 1.165) is 6.92 Å². The molecule has 0 bridgehead atoms. The molecule has 0 aromatic rings. The van der Waals surface area contributed by atoms with Gasteiger partial charge in [-0.1, -0.05) is 0 Å². The lowest BCUT2D eigenvalue weighted by molar-refractivity contribution is -0.119. The molecule has 0 aliphatic heterocycles. The summed E-state index contributed by atoms with van der Waals surface area (Å²) in [5.74, 6) is -2.66. The molecule has 0 N–H and O–H groups in total. The Morgan fingerprint density at radius 3 is 2.60 bits per heavy atom. The van der Waals surface area contributed by atoms with Crippen LogP contribution in [0.15, 0.2) is 0 Å². The van der Waals surface area contributed by atoms with Crippen LogP contribution >= 0.6 is 8.03 Å². The van der Waals surface area contributed by atoms with Gasteiger partial charge in [0.1, 0.15) is 0 Å². The fourth-order valence-electron chi connectivity index (χ4n) is 0.381. The number of carbonyl (C=O) groups is 1. The summed E-state index contributed by atoms with van der Waals surface area (Å²) in [4.78, 5) is 10.2. The van der Waals surface area contributed by atoms with Crippen LogP contribution in [-0.4, -0.2) is 18.3 Å². The lowest BCUT2D eigenvalue weighted by Gasteiger charge is -2.02. The zero-order chi connectivity index (χ0) is 8.15. The molecule has 60 valence electrons. The van der Waals surface area contributed by atoms with E-state index in [-0.39, 0.29) is 6.61 Å². The SMILES string of the molecule is CCO[PH](=O)C(F)C(C)=O. The molecule has 2 atom stereocenters. The van der Waals surface area contributed by atoms with Gasteiger partial charge in [0.25, 0.3) is 0 Å². The predicted molar refractivity (Wildman–Crippen MR) is 36.2 cm³/mol. The largest absolute Gasteiger partial charge is 0.329 e. The highest BCUT2D eigenvalue weighted by Gasteiger charge is 2.19. The summed E-state index contributed by atoms with van der Waals surface area (Å²) in [6, 6.07) is 0. The third-order valence-electron chi connectivity index (χ3n) is 0.850. The van der Waals surface area contributed by atoms with Crippen molar-refractivity contribution in [2.75, 3.05) is 6.61 Å². The first-order valence-electron chi connectivity index (χ1n) is 2.90. The van der Waals surface area contributed by atoms with Gasteiger partial charge in [0.05, 0.1) is 6.61 Å². The normalized spacial score (nSPS) is 16.3. The van der Waals surface area contributed by atoms with Crippen LogP contribution < -0.4 is 0 Å². The maximum atomic E-state index is 12.4. The van der Waals surface area contributed by atoms with E-state index in [1.807, 2.05) is 0 Å². The van der Waals surface area contributed by atoms with Gasteiger partial charge in [0.15, 0.2) is 5.78 Å². The molecule has 0 saturated carbocycles. The number of carbonyl (C=O) groups excluding carboxylic acids is 1. The Hall–Kier alpha value is -0.210. The van der Waals surface area contributed by atoms with Crippen molar-refractivity contribution in [3.05, 3.63) is 0 Å². The highest BCUT2D eigenvalue weighted by atomic mass is 31.1. The van der Waals surface area contributed by atoms with Crippen LogP contribution in [0, 0.1) is 0 Å². The summed E-state index contributed by atoms with van der Waals surface area (Å²) >= 11 is 0. The smallest absolute Gasteiger partial charge is 0.232 e. The summed E-state index contributed by atoms with van der Waals surface area (Å²) < 4.78 is 27.3. The summed E-state index contributed by atoms with van der Waals surface area (Å²) in [5.41, 5.74) is 0. The molecular weight excluding hydrogens is 158 g/mol. The van der Waals surface area contributed by atoms with Crippen LogP contribution in [-0.2, 0) is 13.9 Å². The number of rotatable bonds is 4. The van der Waals surface area contributed by atoms with E-state index < -0.39 is 19.7 Å². The van der Waals surface area contributed by atoms with E-state index in [1.54, 1.807) is 6.92 Å². The molecule has 0 radical (unpaired) electrons. The van der Waals surface area contributed by atoms with Crippen molar-refractivity contribution in [2.24, 2.45) is 0 Å². The van der Waals surface area contributed by atoms with E-state index in [1.165, 1.54) is 0 Å². The fourth-order valence-corrected chi connectivity index (χ4v) is 1.14. The summed E-state index contributed by atoms with van der Waals surface area (Å²) in [7, 11) is -2.78. The summed E-state index contributed by atoms with van der Waals surface area (Å²) in [6.45, 7) is 2.81. The number of alkyl halides is 1. The Morgan fingerprint density at radius 1 is 1.80 bits per heavy atom. The van der Waals surface area contributed by atoms with Gasteiger partial charge in [0, 0.05) is 0 Å². The van der Waals surface area contributed by atoms with Crippen LogP contribution in [0.5, 0.6) is 0 Å². The predicted octanol–water partition coefficient (Wildman–Crippen LogP) is 1.38. The number of ketones is 1. The molecule has 0 heterocycles. The third-order valence-corrected chi connectivity index (χ3v) is 2.24. The number of hydrogen-bond donors (Lipinski definition) is 0. The molecule has 0 amide bonds. The second-order valence-corrected chi connectivity index (χ2v) is 3.16. The third kappa shape index (κ3) is 3.08. The van der Waals surface area contributed by atoms with Gasteiger partial charge in [-0.15, -0.1) is 0 Å². The molecule has 10 heavy (non-hydrogen) atoms. The van der Waals surface area contributed by atoms with Gasteiger partial charge in [-0.25, -0.2) is 4.39 Å². The van der Waals surface area contributed by atoms with Crippen molar-refractivity contribution >= 4 is 13.8 Å². The maximum absolute atomic E-state index is 12.4. The molecule has 0 rings (SSSR count). The minimum atomic E-state index is -2.78. The standard InChI is InChI=1S/C5H10FO3P/c1-3-9-10(8)5(6)4(2)7/h5,10H,3H2,1-2H3. The molecule has 0 aliphatic carbocycles. The summed E-state index contributed by atoms with van der Waals surface area (Å²) in [6.07, 6.45) is 0. The van der Waals surface area contributed by atoms with E-state index in [4.69, 9.17) is 0 Å². The highest BCUT2D eigenvalue weighted by Crippen LogP contribution is 2.30. The first-order chi connectivity index (χ1) is 4.59. The maximum Gasteiger partial charge on any atom is 0.232 e. The van der Waals surface area contributed by atoms with Crippen molar-refractivity contribution < 1.29 is 18.3 Å². The van der Waals surface area contributed by atoms with Crippen molar-refractivity contribution in [2.45, 2.75) is 19.8 Å². The Balaban J connectivity index is 3.82. The minimum absolute atomic E-state index is 0.172. The molecular formula is C5H10FO3P. The van der Waals surface area contributed by atoms with Crippen LogP contribution in [0.25, 0.3) is 0 Å². The fraction of sp³-hybridized carbons (Fsp3) is 0.800. The van der Waals surface area contributed by atoms with Gasteiger partial charge in [0.2, 0.25) is 13.9 Å². The number of halogens is 1. The van der Waals surface area contributed by atoms with Crippen molar-refractivity contribution in [1.29, 1.82) is 0 Å². The van der Waals surface area contributed by atoms with Crippen molar-refractivity contribution in [3.8, 4) is 0 Å². The van der Waals surface area contributed by atoms with Crippen LogP contribution in [0.4, 0.5) is 4.39 Å². The van der Waals surface area contributed by atoms with Gasteiger partial charge >= 0.3 is 0 Å². The van der Waals surface area contributed by atoms with Gasteiger partial charge in [-0.3, -0.25) is 9.36 Å². The molecule has 0 aromatic heterocycles. The quantitative estimate of drug-likeness (QED) is 0.595. The first-order valence-corrected chi connectivity index (χ1v) is 4.30. The number of hydrogen-bond acceptors (Lipinski definition) is 3. The zero-order valence-electron chi connectivity index (χ0n) is 5.89. The van der Waals surface area contributed by atoms with Crippen molar-refractivity contribution in [1.82, 2.24) is 0 Å². The average molecular weight is 168 g/mol. The highest BCUT2D eigenvalue weighted by molar-refractivity contribution is 7.41. The number of Topliss-reactive ketones (excluding diaryl/α,β-unsaturated/α-hetero) is 1. The minimum Gasteiger partial charge on any atom is -0.329 e. The Labute approximate surface area is 59.4 Å². The molecule has 0 saturated heterocycles. The van der Waals surface area contributed by atoms with Crippen molar-refractivity contribution in [3.63, 3.8) is 0 Å². The average Bonchev–Trinajstić information content (AvgIpc) is 1.87. The molecule has 0 fully saturated rings. The molecule has 2 unspecified atom stereocenters. The summed E-state index contributed by atoms with van der Waals surface area (Å²) in [5, 5.41) is 0. The van der Waals surface area contributed by atoms with E-state index in [2.05, 4.69) is 4.52 Å². The lowest BCUT2D eigenvalue weighted by Crippen LogP contribution is -2.07. The van der Waals surface area contributed by atoms with E-state index in [0.29, 0.717) is 0 Å². The van der Waals surface area contributed by atoms with Crippen LogP contribution in [0.2, 0.25) is 0 Å². The van der Waals surface area contributed by atoms with Gasteiger partial charge in [-0.05, 0) is 13.8 Å². The molecule has 0 aromatic carbocycles. The molecule has 5 heteroatoms. The lowest BCUT2D eigenvalue weighted by atomic mass is 10.5. The molecule has 3 nitrogen and oxygen atoms in total. The Morgan fingerprint density at radius 2 is 2.30 bits per heavy atom. The monoisotopic (exact) mass is 168 g/mol. The Bertz CT molecular complexity index is 148. The van der Waals surface area contributed by atoms with E-state index in [9.17, 15) is 13.8 Å². The van der Waals surface area contributed by atoms with Gasteiger partial charge in [-0.2, -0.15) is 0 Å². The zero-order valence-corrected chi connectivity index (χ0v) is 6.89. The Kier molecular flexibility index (Phi) is 4.49. The second kappa shape index (κ2) is 4.58. The second-order valence-electron chi connectivity index (χ2n) is 1.73. The van der Waals surface area contributed by atoms with Crippen LogP contribution in [0.1, 0.15) is 13.8 Å². The topological polar surface area (TPSA) is 43.4 Å².